The number of nitrogens with one attached hydrogen (secondary N) is 1. The molecule has 2 heterocycles. The molecule has 0 fully saturated rings. The SMILES string of the molecule is COCCNCc1nnnn1CCc1ccc(Br)s1. The van der Waals surface area contributed by atoms with Crippen LogP contribution in [0.25, 0.3) is 0 Å². The average Bonchev–Trinajstić information content (AvgIpc) is 3.01. The molecule has 6 nitrogen and oxygen atoms in total. The highest BCUT2D eigenvalue weighted by molar-refractivity contribution is 9.11. The first-order chi connectivity index (χ1) is 9.29. The second-order valence-electron chi connectivity index (χ2n) is 3.94. The molecule has 2 aromatic rings. The maximum Gasteiger partial charge on any atom is 0.165 e. The normalized spacial score (nSPS) is 11.1. The van der Waals surface area contributed by atoms with Gasteiger partial charge in [0, 0.05) is 31.5 Å². The summed E-state index contributed by atoms with van der Waals surface area (Å²) in [4.78, 5) is 1.32. The Balaban J connectivity index is 1.81. The molecule has 2 rings (SSSR count). The van der Waals surface area contributed by atoms with Crippen LogP contribution >= 0.6 is 27.3 Å². The number of aromatic nitrogens is 4. The highest BCUT2D eigenvalue weighted by atomic mass is 79.9. The number of rotatable bonds is 8. The third-order valence-electron chi connectivity index (χ3n) is 2.57. The number of tetrazole rings is 1. The zero-order valence-corrected chi connectivity index (χ0v) is 13.1. The van der Waals surface area contributed by atoms with Crippen molar-refractivity contribution >= 4 is 27.3 Å². The fourth-order valence-electron chi connectivity index (χ4n) is 1.60. The lowest BCUT2D eigenvalue weighted by Crippen LogP contribution is -2.21. The second-order valence-corrected chi connectivity index (χ2v) is 6.49. The van der Waals surface area contributed by atoms with Crippen LogP contribution in [0.5, 0.6) is 0 Å². The number of methoxy groups -OCH3 is 1. The Morgan fingerprint density at radius 1 is 1.47 bits per heavy atom. The third-order valence-corrected chi connectivity index (χ3v) is 4.25. The molecule has 0 aliphatic rings. The number of hydrogen-bond donors (Lipinski definition) is 1. The van der Waals surface area contributed by atoms with Crippen LogP contribution in [-0.4, -0.2) is 40.5 Å². The molecule has 19 heavy (non-hydrogen) atoms. The molecule has 0 unspecified atom stereocenters. The molecule has 0 bridgehead atoms. The lowest BCUT2D eigenvalue weighted by molar-refractivity contribution is 0.198. The quantitative estimate of drug-likeness (QED) is 0.734. The summed E-state index contributed by atoms with van der Waals surface area (Å²) >= 11 is 5.21. The number of nitrogens with zero attached hydrogens (tertiary/aromatic N) is 4. The van der Waals surface area contributed by atoms with E-state index in [4.69, 9.17) is 4.74 Å². The summed E-state index contributed by atoms with van der Waals surface area (Å²) in [5, 5.41) is 15.0. The molecule has 104 valence electrons. The van der Waals surface area contributed by atoms with E-state index in [1.807, 2.05) is 4.68 Å². The van der Waals surface area contributed by atoms with Gasteiger partial charge in [0.15, 0.2) is 5.82 Å². The van der Waals surface area contributed by atoms with Crippen molar-refractivity contribution in [2.45, 2.75) is 19.5 Å². The second kappa shape index (κ2) is 7.68. The van der Waals surface area contributed by atoms with E-state index in [0.717, 1.165) is 29.1 Å². The topological polar surface area (TPSA) is 64.9 Å². The lowest BCUT2D eigenvalue weighted by Gasteiger charge is -2.05. The van der Waals surface area contributed by atoms with E-state index in [-0.39, 0.29) is 0 Å². The summed E-state index contributed by atoms with van der Waals surface area (Å²) in [6.45, 7) is 2.93. The predicted octanol–water partition coefficient (Wildman–Crippen LogP) is 1.48. The molecule has 0 spiro atoms. The van der Waals surface area contributed by atoms with Crippen LogP contribution in [0.1, 0.15) is 10.7 Å². The fourth-order valence-corrected chi connectivity index (χ4v) is 3.07. The monoisotopic (exact) mass is 345 g/mol. The smallest absolute Gasteiger partial charge is 0.165 e. The van der Waals surface area contributed by atoms with Crippen molar-refractivity contribution in [1.29, 1.82) is 0 Å². The van der Waals surface area contributed by atoms with Gasteiger partial charge in [-0.25, -0.2) is 4.68 Å². The van der Waals surface area contributed by atoms with E-state index >= 15 is 0 Å². The van der Waals surface area contributed by atoms with E-state index in [1.54, 1.807) is 18.4 Å². The minimum atomic E-state index is 0.657. The van der Waals surface area contributed by atoms with Gasteiger partial charge < -0.3 is 10.1 Å². The first-order valence-corrected chi connectivity index (χ1v) is 7.59. The van der Waals surface area contributed by atoms with Gasteiger partial charge in [-0.15, -0.1) is 16.4 Å². The van der Waals surface area contributed by atoms with Crippen molar-refractivity contribution in [3.8, 4) is 0 Å². The summed E-state index contributed by atoms with van der Waals surface area (Å²) in [7, 11) is 1.69. The van der Waals surface area contributed by atoms with Gasteiger partial charge in [0.2, 0.25) is 0 Å². The number of ether oxygens (including phenoxy) is 1. The van der Waals surface area contributed by atoms with Gasteiger partial charge in [-0.05, 0) is 38.5 Å². The van der Waals surface area contributed by atoms with Crippen LogP contribution in [0.2, 0.25) is 0 Å². The van der Waals surface area contributed by atoms with E-state index in [2.05, 4.69) is 48.9 Å². The van der Waals surface area contributed by atoms with Crippen molar-refractivity contribution in [1.82, 2.24) is 25.5 Å². The van der Waals surface area contributed by atoms with Gasteiger partial charge >= 0.3 is 0 Å². The molecule has 0 amide bonds. The van der Waals surface area contributed by atoms with E-state index in [0.29, 0.717) is 13.2 Å². The zero-order chi connectivity index (χ0) is 13.5. The van der Waals surface area contributed by atoms with Gasteiger partial charge in [0.1, 0.15) is 0 Å². The van der Waals surface area contributed by atoms with Gasteiger partial charge in [0.05, 0.1) is 16.9 Å². The zero-order valence-electron chi connectivity index (χ0n) is 10.7. The van der Waals surface area contributed by atoms with Gasteiger partial charge in [-0.3, -0.25) is 0 Å². The Labute approximate surface area is 124 Å². The minimum Gasteiger partial charge on any atom is -0.383 e. The Kier molecular flexibility index (Phi) is 5.90. The Morgan fingerprint density at radius 2 is 2.37 bits per heavy atom. The molecular weight excluding hydrogens is 330 g/mol. The summed E-state index contributed by atoms with van der Waals surface area (Å²) in [5.41, 5.74) is 0. The van der Waals surface area contributed by atoms with Crippen LogP contribution in [0.15, 0.2) is 15.9 Å². The first-order valence-electron chi connectivity index (χ1n) is 5.98. The molecule has 0 aliphatic carbocycles. The van der Waals surface area contributed by atoms with Crippen molar-refractivity contribution in [2.24, 2.45) is 0 Å². The highest BCUT2D eigenvalue weighted by Crippen LogP contribution is 2.22. The maximum atomic E-state index is 4.98. The molecule has 0 saturated carbocycles. The van der Waals surface area contributed by atoms with E-state index in [9.17, 15) is 0 Å². The number of thiophene rings is 1. The highest BCUT2D eigenvalue weighted by Gasteiger charge is 2.06. The third kappa shape index (κ3) is 4.64. The van der Waals surface area contributed by atoms with Crippen LogP contribution in [-0.2, 0) is 24.2 Å². The van der Waals surface area contributed by atoms with Gasteiger partial charge in [-0.1, -0.05) is 0 Å². The lowest BCUT2D eigenvalue weighted by atomic mass is 10.3. The average molecular weight is 346 g/mol. The van der Waals surface area contributed by atoms with Crippen molar-refractivity contribution < 1.29 is 4.74 Å². The van der Waals surface area contributed by atoms with E-state index < -0.39 is 0 Å². The molecule has 0 radical (unpaired) electrons. The maximum absolute atomic E-state index is 4.98. The molecule has 8 heteroatoms. The number of aryl methyl sites for hydroxylation is 2. The van der Waals surface area contributed by atoms with Crippen LogP contribution < -0.4 is 5.32 Å². The molecule has 0 aromatic carbocycles. The first kappa shape index (κ1) is 14.6. The minimum absolute atomic E-state index is 0.657. The molecule has 2 aromatic heterocycles. The Morgan fingerprint density at radius 3 is 3.11 bits per heavy atom. The molecule has 0 aliphatic heterocycles. The van der Waals surface area contributed by atoms with Crippen LogP contribution in [0, 0.1) is 0 Å². The Hall–Kier alpha value is -0.830. The number of halogens is 1. The molecular formula is C11H16BrN5OS. The van der Waals surface area contributed by atoms with E-state index in [1.165, 1.54) is 4.88 Å². The predicted molar refractivity (Wildman–Crippen MR) is 77.1 cm³/mol. The van der Waals surface area contributed by atoms with Crippen molar-refractivity contribution in [2.75, 3.05) is 20.3 Å². The van der Waals surface area contributed by atoms with Gasteiger partial charge in [-0.2, -0.15) is 0 Å². The summed E-state index contributed by atoms with van der Waals surface area (Å²) in [6, 6.07) is 4.18. The number of hydrogen-bond acceptors (Lipinski definition) is 6. The standard InChI is InChI=1S/C11H16BrN5OS/c1-18-7-5-13-8-11-14-15-16-17(11)6-4-9-2-3-10(12)19-9/h2-3,13H,4-8H2,1H3. The summed E-state index contributed by atoms with van der Waals surface area (Å²) in [6.07, 6.45) is 0.937. The Bertz CT molecular complexity index is 501. The van der Waals surface area contributed by atoms with Crippen molar-refractivity contribution in [3.05, 3.63) is 26.6 Å². The van der Waals surface area contributed by atoms with Crippen LogP contribution in [0.4, 0.5) is 0 Å². The molecule has 0 atom stereocenters. The van der Waals surface area contributed by atoms with Crippen molar-refractivity contribution in [3.63, 3.8) is 0 Å². The molecule has 1 N–H and O–H groups in total. The molecule has 0 saturated heterocycles. The van der Waals surface area contributed by atoms with Crippen LogP contribution in [0.3, 0.4) is 0 Å². The fraction of sp³-hybridized carbons (Fsp3) is 0.545. The van der Waals surface area contributed by atoms with Gasteiger partial charge in [0.25, 0.3) is 0 Å². The largest absolute Gasteiger partial charge is 0.383 e. The summed E-state index contributed by atoms with van der Waals surface area (Å²) < 4.78 is 7.97. The summed E-state index contributed by atoms with van der Waals surface area (Å²) in [5.74, 6) is 0.853.